The molecule has 3 N–H and O–H groups in total. The van der Waals surface area contributed by atoms with Crippen LogP contribution < -0.4 is 10.7 Å². The summed E-state index contributed by atoms with van der Waals surface area (Å²) in [4.78, 5) is 12.0. The van der Waals surface area contributed by atoms with Crippen LogP contribution in [0.5, 0.6) is 5.75 Å². The quantitative estimate of drug-likeness (QED) is 0.292. The minimum absolute atomic E-state index is 0.0592. The number of nitrogens with one attached hydrogen (secondary N) is 2. The van der Waals surface area contributed by atoms with Crippen molar-refractivity contribution < 1.29 is 9.90 Å². The van der Waals surface area contributed by atoms with E-state index in [2.05, 4.69) is 63.6 Å². The van der Waals surface area contributed by atoms with Crippen LogP contribution in [0.3, 0.4) is 0 Å². The van der Waals surface area contributed by atoms with Gasteiger partial charge in [0.15, 0.2) is 0 Å². The summed E-state index contributed by atoms with van der Waals surface area (Å²) in [5, 5.41) is 19.2. The number of fused-ring (bicyclic) bond motifs is 1. The smallest absolute Gasteiger partial charge is 0.259 e. The van der Waals surface area contributed by atoms with Crippen molar-refractivity contribution in [3.8, 4) is 5.75 Å². The number of aromatic hydroxyl groups is 1. The lowest BCUT2D eigenvalue weighted by Gasteiger charge is -2.08. The van der Waals surface area contributed by atoms with E-state index < -0.39 is 0 Å². The molecule has 0 aliphatic carbocycles. The molecule has 5 nitrogen and oxygen atoms in total. The Bertz CT molecular complexity index is 1040. The third-order valence-electron chi connectivity index (χ3n) is 3.77. The SMILES string of the molecule is O=C(CNc1ccc2ccccc2c1)N/N=C\c1c(Br)cc(Br)c(O)c1Br. The fourth-order valence-electron chi connectivity index (χ4n) is 2.40. The molecular weight excluding hydrogens is 542 g/mol. The van der Waals surface area contributed by atoms with Crippen molar-refractivity contribution in [3.05, 3.63) is 67.5 Å². The number of phenols is 1. The van der Waals surface area contributed by atoms with Crippen molar-refractivity contribution in [2.24, 2.45) is 5.10 Å². The Morgan fingerprint density at radius 1 is 1.04 bits per heavy atom. The predicted octanol–water partition coefficient (Wildman–Crippen LogP) is 5.40. The van der Waals surface area contributed by atoms with Gasteiger partial charge in [-0.15, -0.1) is 0 Å². The Morgan fingerprint density at radius 2 is 1.78 bits per heavy atom. The van der Waals surface area contributed by atoms with Crippen molar-refractivity contribution in [2.45, 2.75) is 0 Å². The number of halogens is 3. The molecule has 0 atom stereocenters. The van der Waals surface area contributed by atoms with E-state index in [1.807, 2.05) is 42.5 Å². The molecular formula is C19H14Br3N3O2. The molecule has 0 aliphatic rings. The number of hydrogen-bond donors (Lipinski definition) is 3. The van der Waals surface area contributed by atoms with E-state index in [1.54, 1.807) is 6.07 Å². The van der Waals surface area contributed by atoms with Gasteiger partial charge < -0.3 is 10.4 Å². The summed E-state index contributed by atoms with van der Waals surface area (Å²) in [5.74, 6) is -0.225. The summed E-state index contributed by atoms with van der Waals surface area (Å²) >= 11 is 9.94. The highest BCUT2D eigenvalue weighted by atomic mass is 79.9. The molecule has 0 saturated carbocycles. The summed E-state index contributed by atoms with van der Waals surface area (Å²) in [6.45, 7) is 0.0869. The Balaban J connectivity index is 1.59. The second kappa shape index (κ2) is 8.86. The van der Waals surface area contributed by atoms with Crippen LogP contribution in [-0.4, -0.2) is 23.8 Å². The summed E-state index contributed by atoms with van der Waals surface area (Å²) in [6.07, 6.45) is 1.45. The molecule has 27 heavy (non-hydrogen) atoms. The third-order valence-corrected chi connectivity index (χ3v) is 5.83. The minimum Gasteiger partial charge on any atom is -0.506 e. The average molecular weight is 556 g/mol. The molecule has 8 heteroatoms. The van der Waals surface area contributed by atoms with Crippen LogP contribution >= 0.6 is 47.8 Å². The maximum absolute atomic E-state index is 12.0. The number of anilines is 1. The lowest BCUT2D eigenvalue weighted by Crippen LogP contribution is -2.25. The number of carbonyl (C=O) groups is 1. The number of nitrogens with zero attached hydrogens (tertiary/aromatic N) is 1. The largest absolute Gasteiger partial charge is 0.506 e. The van der Waals surface area contributed by atoms with Gasteiger partial charge in [-0.25, -0.2) is 5.43 Å². The molecule has 0 unspecified atom stereocenters. The highest BCUT2D eigenvalue weighted by Crippen LogP contribution is 2.38. The van der Waals surface area contributed by atoms with Crippen molar-refractivity contribution in [1.29, 1.82) is 0 Å². The van der Waals surface area contributed by atoms with Gasteiger partial charge in [-0.2, -0.15) is 5.10 Å². The van der Waals surface area contributed by atoms with Gasteiger partial charge in [0.2, 0.25) is 0 Å². The van der Waals surface area contributed by atoms with Gasteiger partial charge in [0, 0.05) is 15.7 Å². The molecule has 0 aromatic heterocycles. The van der Waals surface area contributed by atoms with Gasteiger partial charge in [0.1, 0.15) is 5.75 Å². The first-order valence-corrected chi connectivity index (χ1v) is 10.2. The predicted molar refractivity (Wildman–Crippen MR) is 119 cm³/mol. The van der Waals surface area contributed by atoms with Gasteiger partial charge in [0.25, 0.3) is 5.91 Å². The summed E-state index contributed by atoms with van der Waals surface area (Å²) < 4.78 is 1.73. The van der Waals surface area contributed by atoms with E-state index in [0.29, 0.717) is 19.0 Å². The minimum atomic E-state index is -0.284. The molecule has 0 spiro atoms. The molecule has 0 radical (unpaired) electrons. The molecule has 138 valence electrons. The second-order valence-electron chi connectivity index (χ2n) is 5.63. The van der Waals surface area contributed by atoms with Crippen molar-refractivity contribution in [3.63, 3.8) is 0 Å². The van der Waals surface area contributed by atoms with Crippen molar-refractivity contribution in [1.82, 2.24) is 5.43 Å². The van der Waals surface area contributed by atoms with E-state index in [0.717, 1.165) is 16.5 Å². The zero-order valence-corrected chi connectivity index (χ0v) is 18.6. The molecule has 0 heterocycles. The standard InChI is InChI=1S/C19H14Br3N3O2/c20-15-8-16(21)19(27)18(22)14(15)9-24-25-17(26)10-23-13-6-5-11-3-1-2-4-12(11)7-13/h1-9,23,27H,10H2,(H,25,26)/b24-9-. The summed E-state index contributed by atoms with van der Waals surface area (Å²) in [7, 11) is 0. The number of phenolic OH excluding ortho intramolecular Hbond substituents is 1. The van der Waals surface area contributed by atoms with Crippen LogP contribution in [0.4, 0.5) is 5.69 Å². The lowest BCUT2D eigenvalue weighted by atomic mass is 10.1. The maximum Gasteiger partial charge on any atom is 0.259 e. The van der Waals surface area contributed by atoms with Crippen LogP contribution in [-0.2, 0) is 4.79 Å². The van der Waals surface area contributed by atoms with Gasteiger partial charge in [-0.3, -0.25) is 4.79 Å². The highest BCUT2D eigenvalue weighted by molar-refractivity contribution is 9.11. The Morgan fingerprint density at radius 3 is 2.56 bits per heavy atom. The highest BCUT2D eigenvalue weighted by Gasteiger charge is 2.12. The first-order chi connectivity index (χ1) is 13.0. The zero-order valence-electron chi connectivity index (χ0n) is 13.8. The topological polar surface area (TPSA) is 73.7 Å². The number of hydrazone groups is 1. The molecule has 1 amide bonds. The van der Waals surface area contributed by atoms with Crippen LogP contribution in [0.25, 0.3) is 10.8 Å². The fourth-order valence-corrected chi connectivity index (χ4v) is 4.73. The Labute approximate surface area is 181 Å². The van der Waals surface area contributed by atoms with E-state index in [-0.39, 0.29) is 18.2 Å². The molecule has 0 saturated heterocycles. The second-order valence-corrected chi connectivity index (χ2v) is 8.13. The summed E-state index contributed by atoms with van der Waals surface area (Å²) in [6, 6.07) is 15.6. The molecule has 0 bridgehead atoms. The first kappa shape index (κ1) is 19.9. The number of hydrogen-bond acceptors (Lipinski definition) is 4. The van der Waals surface area contributed by atoms with Gasteiger partial charge in [-0.05, 0) is 60.8 Å². The number of benzene rings is 3. The normalized spacial score (nSPS) is 11.1. The van der Waals surface area contributed by atoms with Crippen LogP contribution in [0.1, 0.15) is 5.56 Å². The van der Waals surface area contributed by atoms with Crippen molar-refractivity contribution >= 4 is 76.4 Å². The van der Waals surface area contributed by atoms with Gasteiger partial charge in [-0.1, -0.05) is 46.3 Å². The van der Waals surface area contributed by atoms with Crippen LogP contribution in [0.15, 0.2) is 67.1 Å². The van der Waals surface area contributed by atoms with E-state index in [1.165, 1.54) is 6.21 Å². The van der Waals surface area contributed by atoms with Crippen LogP contribution in [0, 0.1) is 0 Å². The lowest BCUT2D eigenvalue weighted by molar-refractivity contribution is -0.119. The summed E-state index contributed by atoms with van der Waals surface area (Å²) in [5.41, 5.74) is 3.93. The number of carbonyl (C=O) groups excluding carboxylic acids is 1. The number of rotatable bonds is 5. The molecule has 0 aliphatic heterocycles. The molecule has 3 aromatic rings. The average Bonchev–Trinajstić information content (AvgIpc) is 2.67. The van der Waals surface area contributed by atoms with E-state index >= 15 is 0 Å². The Kier molecular flexibility index (Phi) is 6.51. The molecule has 0 fully saturated rings. The van der Waals surface area contributed by atoms with Crippen molar-refractivity contribution in [2.75, 3.05) is 11.9 Å². The van der Waals surface area contributed by atoms with E-state index in [9.17, 15) is 9.90 Å². The first-order valence-electron chi connectivity index (χ1n) is 7.86. The van der Waals surface area contributed by atoms with Gasteiger partial charge >= 0.3 is 0 Å². The zero-order chi connectivity index (χ0) is 19.4. The van der Waals surface area contributed by atoms with Gasteiger partial charge in [0.05, 0.1) is 21.7 Å². The molecule has 3 aromatic carbocycles. The Hall–Kier alpha value is -1.90. The maximum atomic E-state index is 12.0. The van der Waals surface area contributed by atoms with Crippen LogP contribution in [0.2, 0.25) is 0 Å². The number of amides is 1. The monoisotopic (exact) mass is 553 g/mol. The van der Waals surface area contributed by atoms with E-state index in [4.69, 9.17) is 0 Å². The fraction of sp³-hybridized carbons (Fsp3) is 0.0526. The molecule has 3 rings (SSSR count). The third kappa shape index (κ3) is 4.88.